The van der Waals surface area contributed by atoms with E-state index in [1.54, 1.807) is 7.11 Å². The van der Waals surface area contributed by atoms with Crippen molar-refractivity contribution in [2.75, 3.05) is 7.11 Å². The van der Waals surface area contributed by atoms with Gasteiger partial charge in [-0.3, -0.25) is 0 Å². The summed E-state index contributed by atoms with van der Waals surface area (Å²) < 4.78 is 10.3. The van der Waals surface area contributed by atoms with Gasteiger partial charge in [0.2, 0.25) is 0 Å². The number of methoxy groups -OCH3 is 1. The average molecular weight is 175 g/mol. The Morgan fingerprint density at radius 2 is 2.36 bits per heavy atom. The molecule has 1 aromatic heterocycles. The van der Waals surface area contributed by atoms with Gasteiger partial charge in [0.25, 0.3) is 0 Å². The summed E-state index contributed by atoms with van der Waals surface area (Å²) in [6, 6.07) is 1.92. The Labute approximate surface area is 71.1 Å². The molecule has 0 saturated heterocycles. The molecule has 0 spiro atoms. The molecule has 1 rings (SSSR count). The highest BCUT2D eigenvalue weighted by molar-refractivity contribution is 6.16. The van der Waals surface area contributed by atoms with Gasteiger partial charge in [0, 0.05) is 12.7 Å². The molecule has 0 N–H and O–H groups in total. The molecular weight excluding hydrogens is 164 g/mol. The second kappa shape index (κ2) is 3.79. The van der Waals surface area contributed by atoms with E-state index in [-0.39, 0.29) is 0 Å². The highest BCUT2D eigenvalue weighted by Gasteiger charge is 2.04. The topological polar surface area (TPSA) is 22.4 Å². The molecule has 62 valence electrons. The van der Waals surface area contributed by atoms with Gasteiger partial charge in [0.15, 0.2) is 0 Å². The lowest BCUT2D eigenvalue weighted by molar-refractivity contribution is 0.183. The third-order valence-corrected chi connectivity index (χ3v) is 1.77. The first-order valence-electron chi connectivity index (χ1n) is 3.41. The van der Waals surface area contributed by atoms with Crippen LogP contribution in [0.1, 0.15) is 17.1 Å². The smallest absolute Gasteiger partial charge is 0.119 e. The first-order valence-corrected chi connectivity index (χ1v) is 3.94. The van der Waals surface area contributed by atoms with Gasteiger partial charge in [-0.2, -0.15) is 0 Å². The van der Waals surface area contributed by atoms with Gasteiger partial charge in [-0.05, 0) is 13.0 Å². The van der Waals surface area contributed by atoms with Crippen LogP contribution in [-0.4, -0.2) is 7.11 Å². The zero-order valence-electron chi connectivity index (χ0n) is 6.69. The van der Waals surface area contributed by atoms with Crippen molar-refractivity contribution in [2.24, 2.45) is 0 Å². The summed E-state index contributed by atoms with van der Waals surface area (Å²) in [4.78, 5) is 0. The molecule has 1 heterocycles. The van der Waals surface area contributed by atoms with Crippen LogP contribution in [0, 0.1) is 6.92 Å². The monoisotopic (exact) mass is 174 g/mol. The summed E-state index contributed by atoms with van der Waals surface area (Å²) in [5.41, 5.74) is 1.07. The molecule has 1 aromatic rings. The number of rotatable bonds is 3. The lowest BCUT2D eigenvalue weighted by atomic mass is 10.3. The minimum Gasteiger partial charge on any atom is -0.465 e. The zero-order chi connectivity index (χ0) is 8.27. The fraction of sp³-hybridized carbons (Fsp3) is 0.500. The SMILES string of the molecule is COCc1cc(CCl)oc1C. The Balaban J connectivity index is 2.79. The van der Waals surface area contributed by atoms with Crippen LogP contribution >= 0.6 is 11.6 Å². The van der Waals surface area contributed by atoms with E-state index < -0.39 is 0 Å². The van der Waals surface area contributed by atoms with Crippen LogP contribution in [0.4, 0.5) is 0 Å². The predicted molar refractivity (Wildman–Crippen MR) is 43.7 cm³/mol. The highest BCUT2D eigenvalue weighted by atomic mass is 35.5. The number of furan rings is 1. The molecule has 0 aliphatic heterocycles. The minimum atomic E-state index is 0.421. The lowest BCUT2D eigenvalue weighted by Crippen LogP contribution is -1.85. The number of hydrogen-bond acceptors (Lipinski definition) is 2. The minimum absolute atomic E-state index is 0.421. The Kier molecular flexibility index (Phi) is 2.97. The average Bonchev–Trinajstić information content (AvgIpc) is 2.33. The third kappa shape index (κ3) is 1.98. The van der Waals surface area contributed by atoms with Gasteiger partial charge in [-0.1, -0.05) is 0 Å². The molecule has 0 aromatic carbocycles. The van der Waals surface area contributed by atoms with Crippen molar-refractivity contribution in [1.29, 1.82) is 0 Å². The van der Waals surface area contributed by atoms with Crippen molar-refractivity contribution in [3.63, 3.8) is 0 Å². The van der Waals surface area contributed by atoms with Crippen LogP contribution in [0.15, 0.2) is 10.5 Å². The Hall–Kier alpha value is -0.470. The zero-order valence-corrected chi connectivity index (χ0v) is 7.44. The van der Waals surface area contributed by atoms with E-state index in [9.17, 15) is 0 Å². The van der Waals surface area contributed by atoms with Crippen LogP contribution in [0.2, 0.25) is 0 Å². The largest absolute Gasteiger partial charge is 0.465 e. The highest BCUT2D eigenvalue weighted by Crippen LogP contribution is 2.16. The fourth-order valence-corrected chi connectivity index (χ4v) is 1.08. The molecule has 0 fully saturated rings. The quantitative estimate of drug-likeness (QED) is 0.657. The van der Waals surface area contributed by atoms with E-state index in [1.165, 1.54) is 0 Å². The lowest BCUT2D eigenvalue weighted by Gasteiger charge is -1.93. The first kappa shape index (κ1) is 8.62. The van der Waals surface area contributed by atoms with E-state index in [4.69, 9.17) is 20.8 Å². The Bertz CT molecular complexity index is 230. The van der Waals surface area contributed by atoms with Crippen molar-refractivity contribution >= 4 is 11.6 Å². The molecule has 0 aliphatic carbocycles. The normalized spacial score (nSPS) is 10.5. The van der Waals surface area contributed by atoms with Gasteiger partial charge in [0.05, 0.1) is 12.5 Å². The van der Waals surface area contributed by atoms with Crippen LogP contribution in [0.5, 0.6) is 0 Å². The van der Waals surface area contributed by atoms with Gasteiger partial charge in [-0.15, -0.1) is 11.6 Å². The van der Waals surface area contributed by atoms with Gasteiger partial charge >= 0.3 is 0 Å². The summed E-state index contributed by atoms with van der Waals surface area (Å²) in [6.45, 7) is 2.50. The standard InChI is InChI=1S/C8H11ClO2/c1-6-7(5-10-2)3-8(4-9)11-6/h3H,4-5H2,1-2H3. The van der Waals surface area contributed by atoms with Gasteiger partial charge < -0.3 is 9.15 Å². The van der Waals surface area contributed by atoms with Crippen molar-refractivity contribution in [1.82, 2.24) is 0 Å². The summed E-state index contributed by atoms with van der Waals surface area (Å²) in [7, 11) is 1.66. The van der Waals surface area contributed by atoms with E-state index in [0.29, 0.717) is 12.5 Å². The van der Waals surface area contributed by atoms with Crippen molar-refractivity contribution in [3.05, 3.63) is 23.2 Å². The van der Waals surface area contributed by atoms with Crippen molar-refractivity contribution in [2.45, 2.75) is 19.4 Å². The molecular formula is C8H11ClO2. The second-order valence-electron chi connectivity index (χ2n) is 2.36. The van der Waals surface area contributed by atoms with Crippen LogP contribution in [0.25, 0.3) is 0 Å². The van der Waals surface area contributed by atoms with Gasteiger partial charge in [0.1, 0.15) is 11.5 Å². The Morgan fingerprint density at radius 3 is 2.82 bits per heavy atom. The maximum absolute atomic E-state index is 5.58. The third-order valence-electron chi connectivity index (χ3n) is 1.50. The molecule has 0 unspecified atom stereocenters. The van der Waals surface area contributed by atoms with Gasteiger partial charge in [-0.25, -0.2) is 0 Å². The summed E-state index contributed by atoms with van der Waals surface area (Å²) >= 11 is 5.58. The molecule has 0 aliphatic rings. The number of hydrogen-bond donors (Lipinski definition) is 0. The van der Waals surface area contributed by atoms with E-state index >= 15 is 0 Å². The Morgan fingerprint density at radius 1 is 1.64 bits per heavy atom. The maximum Gasteiger partial charge on any atom is 0.119 e. The molecule has 0 saturated carbocycles. The second-order valence-corrected chi connectivity index (χ2v) is 2.63. The van der Waals surface area contributed by atoms with Crippen LogP contribution in [-0.2, 0) is 17.2 Å². The first-order chi connectivity index (χ1) is 5.27. The molecule has 3 heteroatoms. The predicted octanol–water partition coefficient (Wildman–Crippen LogP) is 2.47. The summed E-state index contributed by atoms with van der Waals surface area (Å²) in [6.07, 6.45) is 0. The van der Waals surface area contributed by atoms with E-state index in [0.717, 1.165) is 17.1 Å². The van der Waals surface area contributed by atoms with Crippen LogP contribution in [0.3, 0.4) is 0 Å². The molecule has 11 heavy (non-hydrogen) atoms. The maximum atomic E-state index is 5.58. The molecule has 2 nitrogen and oxygen atoms in total. The molecule has 0 bridgehead atoms. The number of aryl methyl sites for hydroxylation is 1. The summed E-state index contributed by atoms with van der Waals surface area (Å²) in [5.74, 6) is 2.11. The summed E-state index contributed by atoms with van der Waals surface area (Å²) in [5, 5.41) is 0. The van der Waals surface area contributed by atoms with E-state index in [2.05, 4.69) is 0 Å². The van der Waals surface area contributed by atoms with Crippen LogP contribution < -0.4 is 0 Å². The molecule has 0 amide bonds. The molecule has 0 radical (unpaired) electrons. The number of ether oxygens (including phenoxy) is 1. The number of halogens is 1. The molecule has 0 atom stereocenters. The fourth-order valence-electron chi connectivity index (χ4n) is 0.952. The number of alkyl halides is 1. The van der Waals surface area contributed by atoms with Crippen molar-refractivity contribution < 1.29 is 9.15 Å². The van der Waals surface area contributed by atoms with E-state index in [1.807, 2.05) is 13.0 Å². The van der Waals surface area contributed by atoms with Crippen molar-refractivity contribution in [3.8, 4) is 0 Å².